The number of aromatic carboxylic acids is 1. The molecule has 0 saturated carbocycles. The van der Waals surface area contributed by atoms with Crippen LogP contribution < -0.4 is 5.32 Å². The van der Waals surface area contributed by atoms with Crippen LogP contribution in [0.5, 0.6) is 0 Å². The van der Waals surface area contributed by atoms with Crippen molar-refractivity contribution in [1.29, 1.82) is 0 Å². The van der Waals surface area contributed by atoms with Gasteiger partial charge >= 0.3 is 5.97 Å². The topological polar surface area (TPSA) is 66.4 Å². The predicted octanol–water partition coefficient (Wildman–Crippen LogP) is 3.96. The van der Waals surface area contributed by atoms with E-state index in [1.54, 1.807) is 32.0 Å². The van der Waals surface area contributed by atoms with E-state index in [0.29, 0.717) is 17.7 Å². The number of carboxylic acids is 1. The van der Waals surface area contributed by atoms with Gasteiger partial charge in [0.2, 0.25) is 5.91 Å². The summed E-state index contributed by atoms with van der Waals surface area (Å²) in [5, 5.41) is 12.0. The molecule has 0 heterocycles. The van der Waals surface area contributed by atoms with Gasteiger partial charge in [0.1, 0.15) is 5.82 Å². The van der Waals surface area contributed by atoms with Gasteiger partial charge in [0, 0.05) is 11.6 Å². The third-order valence-corrected chi connectivity index (χ3v) is 3.94. The minimum Gasteiger partial charge on any atom is -0.478 e. The van der Waals surface area contributed by atoms with Gasteiger partial charge < -0.3 is 10.4 Å². The SMILES string of the molecule is Cc1cc(C)c(C(=O)O)cc1NC(=O)C(C)Cc1cccc(F)c1. The molecule has 24 heavy (non-hydrogen) atoms. The minimum atomic E-state index is -1.03. The zero-order chi connectivity index (χ0) is 17.9. The number of aryl methyl sites for hydroxylation is 2. The first kappa shape index (κ1) is 17.7. The highest BCUT2D eigenvalue weighted by molar-refractivity contribution is 5.96. The van der Waals surface area contributed by atoms with Gasteiger partial charge in [0.25, 0.3) is 0 Å². The van der Waals surface area contributed by atoms with Crippen molar-refractivity contribution in [2.24, 2.45) is 5.92 Å². The van der Waals surface area contributed by atoms with Crippen LogP contribution in [-0.4, -0.2) is 17.0 Å². The molecule has 0 aliphatic carbocycles. The summed E-state index contributed by atoms with van der Waals surface area (Å²) in [5.74, 6) is -1.97. The second-order valence-electron chi connectivity index (χ2n) is 6.01. The van der Waals surface area contributed by atoms with Crippen LogP contribution in [0.4, 0.5) is 10.1 Å². The minimum absolute atomic E-state index is 0.161. The quantitative estimate of drug-likeness (QED) is 0.872. The summed E-state index contributed by atoms with van der Waals surface area (Å²) in [5.41, 5.74) is 2.82. The molecule has 2 rings (SSSR count). The summed E-state index contributed by atoms with van der Waals surface area (Å²) in [6.45, 7) is 5.28. The molecule has 0 aliphatic heterocycles. The molecule has 0 radical (unpaired) electrons. The number of hydrogen-bond donors (Lipinski definition) is 2. The first-order chi connectivity index (χ1) is 11.3. The molecule has 0 aliphatic rings. The van der Waals surface area contributed by atoms with Gasteiger partial charge in [-0.25, -0.2) is 9.18 Å². The highest BCUT2D eigenvalue weighted by Crippen LogP contribution is 2.22. The zero-order valence-electron chi connectivity index (χ0n) is 13.9. The van der Waals surface area contributed by atoms with Crippen molar-refractivity contribution in [1.82, 2.24) is 0 Å². The summed E-state index contributed by atoms with van der Waals surface area (Å²) in [7, 11) is 0. The predicted molar refractivity (Wildman–Crippen MR) is 90.8 cm³/mol. The van der Waals surface area contributed by atoms with E-state index in [0.717, 1.165) is 11.1 Å². The molecule has 1 atom stereocenters. The number of nitrogens with one attached hydrogen (secondary N) is 1. The second-order valence-corrected chi connectivity index (χ2v) is 6.01. The molecule has 0 spiro atoms. The molecule has 0 saturated heterocycles. The fourth-order valence-electron chi connectivity index (χ4n) is 2.58. The van der Waals surface area contributed by atoms with E-state index < -0.39 is 5.97 Å². The van der Waals surface area contributed by atoms with Gasteiger partial charge in [-0.3, -0.25) is 4.79 Å². The Morgan fingerprint density at radius 1 is 1.17 bits per heavy atom. The standard InChI is InChI=1S/C19H20FNO3/c1-11-7-12(2)17(10-16(11)19(23)24)21-18(22)13(3)8-14-5-4-6-15(20)9-14/h4-7,9-10,13H,8H2,1-3H3,(H,21,22)(H,23,24). The maximum atomic E-state index is 13.2. The van der Waals surface area contributed by atoms with E-state index in [1.807, 2.05) is 6.92 Å². The summed E-state index contributed by atoms with van der Waals surface area (Å²) < 4.78 is 13.2. The normalized spacial score (nSPS) is 11.8. The molecule has 5 heteroatoms. The van der Waals surface area contributed by atoms with Gasteiger partial charge in [0.05, 0.1) is 5.56 Å². The molecule has 1 amide bonds. The van der Waals surface area contributed by atoms with E-state index in [9.17, 15) is 19.1 Å². The fourth-order valence-corrected chi connectivity index (χ4v) is 2.58. The molecule has 0 fully saturated rings. The number of rotatable bonds is 5. The van der Waals surface area contributed by atoms with Crippen molar-refractivity contribution >= 4 is 17.6 Å². The summed E-state index contributed by atoms with van der Waals surface area (Å²) in [4.78, 5) is 23.6. The number of carboxylic acid groups (broad SMARTS) is 1. The van der Waals surface area contributed by atoms with Crippen LogP contribution in [-0.2, 0) is 11.2 Å². The molecule has 1 unspecified atom stereocenters. The van der Waals surface area contributed by atoms with Gasteiger partial charge in [-0.1, -0.05) is 25.1 Å². The largest absolute Gasteiger partial charge is 0.478 e. The van der Waals surface area contributed by atoms with Gasteiger partial charge in [-0.05, 0) is 55.2 Å². The molecule has 2 aromatic carbocycles. The van der Waals surface area contributed by atoms with Crippen molar-refractivity contribution in [3.05, 3.63) is 64.5 Å². The van der Waals surface area contributed by atoms with Gasteiger partial charge in [-0.2, -0.15) is 0 Å². The average molecular weight is 329 g/mol. The molecule has 4 nitrogen and oxygen atoms in total. The van der Waals surface area contributed by atoms with E-state index in [2.05, 4.69) is 5.32 Å². The maximum Gasteiger partial charge on any atom is 0.336 e. The summed E-state index contributed by atoms with van der Waals surface area (Å²) in [6, 6.07) is 9.35. The molecule has 0 bridgehead atoms. The van der Waals surface area contributed by atoms with E-state index in [-0.39, 0.29) is 23.2 Å². The van der Waals surface area contributed by atoms with Crippen LogP contribution in [0.25, 0.3) is 0 Å². The Kier molecular flexibility index (Phi) is 5.34. The second kappa shape index (κ2) is 7.25. The van der Waals surface area contributed by atoms with Crippen molar-refractivity contribution in [3.8, 4) is 0 Å². The Morgan fingerprint density at radius 2 is 1.88 bits per heavy atom. The molecule has 2 N–H and O–H groups in total. The van der Waals surface area contributed by atoms with Crippen molar-refractivity contribution in [2.75, 3.05) is 5.32 Å². The van der Waals surface area contributed by atoms with Crippen molar-refractivity contribution in [2.45, 2.75) is 27.2 Å². The van der Waals surface area contributed by atoms with E-state index >= 15 is 0 Å². The highest BCUT2D eigenvalue weighted by Gasteiger charge is 2.17. The lowest BCUT2D eigenvalue weighted by molar-refractivity contribution is -0.119. The van der Waals surface area contributed by atoms with Crippen LogP contribution in [0.1, 0.15) is 34.0 Å². The lowest BCUT2D eigenvalue weighted by atomic mass is 9.99. The fraction of sp³-hybridized carbons (Fsp3) is 0.263. The number of halogens is 1. The number of amides is 1. The Labute approximate surface area is 140 Å². The van der Waals surface area contributed by atoms with E-state index in [1.165, 1.54) is 18.2 Å². The lowest BCUT2D eigenvalue weighted by Gasteiger charge is -2.15. The monoisotopic (exact) mass is 329 g/mol. The maximum absolute atomic E-state index is 13.2. The Morgan fingerprint density at radius 3 is 2.50 bits per heavy atom. The van der Waals surface area contributed by atoms with Crippen LogP contribution in [0.3, 0.4) is 0 Å². The number of benzene rings is 2. The summed E-state index contributed by atoms with van der Waals surface area (Å²) in [6.07, 6.45) is 0.403. The van der Waals surface area contributed by atoms with Gasteiger partial charge in [0.15, 0.2) is 0 Å². The third-order valence-electron chi connectivity index (χ3n) is 3.94. The molecular weight excluding hydrogens is 309 g/mol. The van der Waals surface area contributed by atoms with Gasteiger partial charge in [-0.15, -0.1) is 0 Å². The van der Waals surface area contributed by atoms with Crippen LogP contribution >= 0.6 is 0 Å². The third kappa shape index (κ3) is 4.19. The summed E-state index contributed by atoms with van der Waals surface area (Å²) >= 11 is 0. The molecule has 0 aromatic heterocycles. The van der Waals surface area contributed by atoms with Crippen LogP contribution in [0.2, 0.25) is 0 Å². The first-order valence-corrected chi connectivity index (χ1v) is 7.67. The van der Waals surface area contributed by atoms with Crippen LogP contribution in [0.15, 0.2) is 36.4 Å². The first-order valence-electron chi connectivity index (χ1n) is 7.67. The molecule has 126 valence electrons. The Bertz CT molecular complexity index is 786. The van der Waals surface area contributed by atoms with Crippen molar-refractivity contribution in [3.63, 3.8) is 0 Å². The Hall–Kier alpha value is -2.69. The number of carbonyl (C=O) groups is 2. The lowest BCUT2D eigenvalue weighted by Crippen LogP contribution is -2.23. The van der Waals surface area contributed by atoms with Crippen LogP contribution in [0, 0.1) is 25.6 Å². The van der Waals surface area contributed by atoms with Crippen molar-refractivity contribution < 1.29 is 19.1 Å². The number of anilines is 1. The highest BCUT2D eigenvalue weighted by atomic mass is 19.1. The zero-order valence-corrected chi connectivity index (χ0v) is 13.9. The molecular formula is C19H20FNO3. The smallest absolute Gasteiger partial charge is 0.336 e. The molecule has 2 aromatic rings. The number of hydrogen-bond acceptors (Lipinski definition) is 2. The average Bonchev–Trinajstić information content (AvgIpc) is 2.49. The Balaban J connectivity index is 2.14. The number of carbonyl (C=O) groups excluding carboxylic acids is 1. The van der Waals surface area contributed by atoms with E-state index in [4.69, 9.17) is 0 Å².